The van der Waals surface area contributed by atoms with Crippen LogP contribution >= 0.6 is 0 Å². The molecule has 0 saturated carbocycles. The first kappa shape index (κ1) is 15.6. The molecule has 0 unspecified atom stereocenters. The van der Waals surface area contributed by atoms with Crippen molar-refractivity contribution >= 4 is 0 Å². The van der Waals surface area contributed by atoms with Crippen molar-refractivity contribution < 1.29 is 18.6 Å². The second kappa shape index (κ2) is 6.51. The Morgan fingerprint density at radius 2 is 1.96 bits per heavy atom. The van der Waals surface area contributed by atoms with Gasteiger partial charge in [0.2, 0.25) is 11.8 Å². The van der Waals surface area contributed by atoms with Gasteiger partial charge in [-0.2, -0.15) is 0 Å². The van der Waals surface area contributed by atoms with Crippen LogP contribution in [0.5, 0.6) is 5.75 Å². The van der Waals surface area contributed by atoms with Crippen LogP contribution in [0.15, 0.2) is 28.7 Å². The molecule has 3 heterocycles. The van der Waals surface area contributed by atoms with Gasteiger partial charge in [-0.3, -0.25) is 4.90 Å². The third kappa shape index (κ3) is 3.15. The number of likely N-dealkylation sites (tertiary alicyclic amines) is 1. The lowest BCUT2D eigenvalue weighted by atomic mass is 10.0. The minimum atomic E-state index is -0.350. The van der Waals surface area contributed by atoms with Gasteiger partial charge >= 0.3 is 0 Å². The number of nitrogens with zero attached hydrogens (tertiary/aromatic N) is 3. The van der Waals surface area contributed by atoms with E-state index >= 15 is 0 Å². The van der Waals surface area contributed by atoms with E-state index in [-0.39, 0.29) is 5.79 Å². The van der Waals surface area contributed by atoms with Gasteiger partial charge in [-0.1, -0.05) is 6.07 Å². The minimum absolute atomic E-state index is 0.350. The number of aromatic nitrogens is 2. The summed E-state index contributed by atoms with van der Waals surface area (Å²) in [6, 6.07) is 7.61. The maximum Gasteiger partial charge on any atom is 0.247 e. The first-order chi connectivity index (χ1) is 11.8. The van der Waals surface area contributed by atoms with Crippen molar-refractivity contribution in [3.63, 3.8) is 0 Å². The van der Waals surface area contributed by atoms with E-state index in [9.17, 15) is 0 Å². The molecule has 128 valence electrons. The largest absolute Gasteiger partial charge is 0.497 e. The second-order valence-electron chi connectivity index (χ2n) is 6.12. The number of hydrogen-bond donors (Lipinski definition) is 0. The van der Waals surface area contributed by atoms with E-state index in [1.54, 1.807) is 7.11 Å². The van der Waals surface area contributed by atoms with E-state index in [0.29, 0.717) is 31.5 Å². The van der Waals surface area contributed by atoms with Crippen LogP contribution in [-0.4, -0.2) is 54.3 Å². The summed E-state index contributed by atoms with van der Waals surface area (Å²) in [4.78, 5) is 2.29. The summed E-state index contributed by atoms with van der Waals surface area (Å²) in [5.41, 5.74) is 0.860. The molecule has 1 aromatic heterocycles. The smallest absolute Gasteiger partial charge is 0.247 e. The van der Waals surface area contributed by atoms with Crippen molar-refractivity contribution in [1.82, 2.24) is 15.1 Å². The van der Waals surface area contributed by atoms with Crippen molar-refractivity contribution in [3.8, 4) is 17.2 Å². The molecule has 1 spiro atoms. The maximum atomic E-state index is 5.81. The quantitative estimate of drug-likeness (QED) is 0.849. The van der Waals surface area contributed by atoms with Crippen LogP contribution in [0, 0.1) is 0 Å². The van der Waals surface area contributed by atoms with Crippen molar-refractivity contribution in [2.75, 3.05) is 33.4 Å². The molecule has 7 heteroatoms. The molecule has 24 heavy (non-hydrogen) atoms. The Labute approximate surface area is 140 Å². The minimum Gasteiger partial charge on any atom is -0.497 e. The predicted molar refractivity (Wildman–Crippen MR) is 85.4 cm³/mol. The highest BCUT2D eigenvalue weighted by molar-refractivity contribution is 5.55. The van der Waals surface area contributed by atoms with Gasteiger partial charge in [-0.05, 0) is 18.2 Å². The van der Waals surface area contributed by atoms with Crippen molar-refractivity contribution in [2.24, 2.45) is 0 Å². The standard InChI is InChI=1S/C17H21N3O4/c1-21-14-4-2-3-13(11-14)16-19-18-15(24-16)12-20-7-5-17(6-8-20)22-9-10-23-17/h2-4,11H,5-10,12H2,1H3. The molecule has 0 aliphatic carbocycles. The van der Waals surface area contributed by atoms with Gasteiger partial charge in [0.25, 0.3) is 0 Å². The first-order valence-electron chi connectivity index (χ1n) is 8.23. The number of rotatable bonds is 4. The molecule has 0 bridgehead atoms. The fraction of sp³-hybridized carbons (Fsp3) is 0.529. The molecule has 2 saturated heterocycles. The molecule has 7 nitrogen and oxygen atoms in total. The van der Waals surface area contributed by atoms with Crippen molar-refractivity contribution in [3.05, 3.63) is 30.2 Å². The van der Waals surface area contributed by atoms with E-state index in [2.05, 4.69) is 15.1 Å². The molecular formula is C17H21N3O4. The number of benzene rings is 1. The van der Waals surface area contributed by atoms with Crippen LogP contribution in [0.25, 0.3) is 11.5 Å². The lowest BCUT2D eigenvalue weighted by Gasteiger charge is -2.36. The molecule has 2 aliphatic heterocycles. The lowest BCUT2D eigenvalue weighted by molar-refractivity contribution is -0.186. The summed E-state index contributed by atoms with van der Waals surface area (Å²) >= 11 is 0. The van der Waals surface area contributed by atoms with Gasteiger partial charge in [0, 0.05) is 31.5 Å². The highest BCUT2D eigenvalue weighted by atomic mass is 16.7. The monoisotopic (exact) mass is 331 g/mol. The van der Waals surface area contributed by atoms with E-state index in [0.717, 1.165) is 37.2 Å². The van der Waals surface area contributed by atoms with Crippen LogP contribution in [-0.2, 0) is 16.0 Å². The average molecular weight is 331 g/mol. The Hall–Kier alpha value is -1.96. The molecule has 2 aromatic rings. The zero-order chi connectivity index (χ0) is 16.4. The summed E-state index contributed by atoms with van der Waals surface area (Å²) in [6.45, 7) is 3.85. The SMILES string of the molecule is COc1cccc(-c2nnc(CN3CCC4(CC3)OCCO4)o2)c1. The third-order valence-electron chi connectivity index (χ3n) is 4.57. The van der Waals surface area contributed by atoms with Crippen LogP contribution < -0.4 is 4.74 Å². The van der Waals surface area contributed by atoms with Crippen molar-refractivity contribution in [1.29, 1.82) is 0 Å². The summed E-state index contributed by atoms with van der Waals surface area (Å²) in [6.07, 6.45) is 1.76. The van der Waals surface area contributed by atoms with Crippen LogP contribution in [0.4, 0.5) is 0 Å². The number of hydrogen-bond acceptors (Lipinski definition) is 7. The van der Waals surface area contributed by atoms with Gasteiger partial charge < -0.3 is 18.6 Å². The summed E-state index contributed by atoms with van der Waals surface area (Å²) in [7, 11) is 1.64. The Kier molecular flexibility index (Phi) is 4.22. The maximum absolute atomic E-state index is 5.81. The van der Waals surface area contributed by atoms with Gasteiger partial charge in [0.1, 0.15) is 5.75 Å². The Morgan fingerprint density at radius 3 is 2.71 bits per heavy atom. The zero-order valence-electron chi connectivity index (χ0n) is 13.7. The second-order valence-corrected chi connectivity index (χ2v) is 6.12. The molecular weight excluding hydrogens is 310 g/mol. The van der Waals surface area contributed by atoms with Gasteiger partial charge in [0.15, 0.2) is 5.79 Å². The predicted octanol–water partition coefficient (Wildman–Crippen LogP) is 2.08. The third-order valence-corrected chi connectivity index (χ3v) is 4.57. The zero-order valence-corrected chi connectivity index (χ0v) is 13.7. The molecule has 1 aromatic carbocycles. The fourth-order valence-corrected chi connectivity index (χ4v) is 3.22. The normalized spacial score (nSPS) is 20.5. The number of ether oxygens (including phenoxy) is 3. The summed E-state index contributed by atoms with van der Waals surface area (Å²) < 4.78 is 22.5. The summed E-state index contributed by atoms with van der Waals surface area (Å²) in [5, 5.41) is 8.32. The Bertz CT molecular complexity index is 687. The summed E-state index contributed by atoms with van der Waals surface area (Å²) in [5.74, 6) is 1.55. The van der Waals surface area contributed by atoms with E-state index < -0.39 is 0 Å². The highest BCUT2D eigenvalue weighted by Gasteiger charge is 2.39. The lowest BCUT2D eigenvalue weighted by Crippen LogP contribution is -2.44. The van der Waals surface area contributed by atoms with Crippen molar-refractivity contribution in [2.45, 2.75) is 25.2 Å². The fourth-order valence-electron chi connectivity index (χ4n) is 3.22. The molecule has 0 N–H and O–H groups in total. The molecule has 0 amide bonds. The number of piperidine rings is 1. The molecule has 0 radical (unpaired) electrons. The van der Waals surface area contributed by atoms with Crippen LogP contribution in [0.3, 0.4) is 0 Å². The van der Waals surface area contributed by atoms with E-state index in [1.807, 2.05) is 24.3 Å². The number of methoxy groups -OCH3 is 1. The molecule has 0 atom stereocenters. The molecule has 2 aliphatic rings. The van der Waals surface area contributed by atoms with Crippen LogP contribution in [0.2, 0.25) is 0 Å². The van der Waals surface area contributed by atoms with Gasteiger partial charge in [-0.25, -0.2) is 0 Å². The van der Waals surface area contributed by atoms with Gasteiger partial charge in [-0.15, -0.1) is 10.2 Å². The highest BCUT2D eigenvalue weighted by Crippen LogP contribution is 2.32. The average Bonchev–Trinajstić information content (AvgIpc) is 3.27. The molecule has 2 fully saturated rings. The Morgan fingerprint density at radius 1 is 1.17 bits per heavy atom. The van der Waals surface area contributed by atoms with Crippen LogP contribution in [0.1, 0.15) is 18.7 Å². The first-order valence-corrected chi connectivity index (χ1v) is 8.23. The van der Waals surface area contributed by atoms with E-state index in [4.69, 9.17) is 18.6 Å². The molecule has 4 rings (SSSR count). The van der Waals surface area contributed by atoms with E-state index in [1.165, 1.54) is 0 Å². The topological polar surface area (TPSA) is 69.9 Å². The van der Waals surface area contributed by atoms with Gasteiger partial charge in [0.05, 0.1) is 26.9 Å². The Balaban J connectivity index is 1.39.